The zero-order valence-corrected chi connectivity index (χ0v) is 11.9. The average molecular weight is 259 g/mol. The van der Waals surface area contributed by atoms with Gasteiger partial charge in [0.1, 0.15) is 0 Å². The van der Waals surface area contributed by atoms with Crippen LogP contribution in [-0.2, 0) is 13.1 Å². The molecular weight excluding hydrogens is 234 g/mol. The van der Waals surface area contributed by atoms with Gasteiger partial charge in [-0.25, -0.2) is 0 Å². The van der Waals surface area contributed by atoms with Gasteiger partial charge in [0, 0.05) is 25.3 Å². The maximum absolute atomic E-state index is 4.54. The molecule has 19 heavy (non-hydrogen) atoms. The van der Waals surface area contributed by atoms with Crippen molar-refractivity contribution in [2.75, 3.05) is 13.6 Å². The zero-order valence-electron chi connectivity index (χ0n) is 11.9. The summed E-state index contributed by atoms with van der Waals surface area (Å²) in [6, 6.07) is 5.10. The number of allylic oxidation sites excluding steroid dienone is 1. The summed E-state index contributed by atoms with van der Waals surface area (Å²) in [7, 11) is 2.15. The van der Waals surface area contributed by atoms with Gasteiger partial charge in [-0.05, 0) is 50.9 Å². The van der Waals surface area contributed by atoms with Crippen molar-refractivity contribution in [3.8, 4) is 0 Å². The lowest BCUT2D eigenvalue weighted by Gasteiger charge is -2.15. The number of aromatic nitrogens is 1. The lowest BCUT2D eigenvalue weighted by molar-refractivity contribution is 0.319. The molecule has 3 nitrogen and oxygen atoms in total. The van der Waals surface area contributed by atoms with Crippen LogP contribution in [-0.4, -0.2) is 29.5 Å². The highest BCUT2D eigenvalue weighted by atomic mass is 15.1. The summed E-state index contributed by atoms with van der Waals surface area (Å²) in [6.07, 6.45) is 8.91. The molecule has 1 aliphatic carbocycles. The molecule has 0 unspecified atom stereocenters. The van der Waals surface area contributed by atoms with Gasteiger partial charge in [0.15, 0.2) is 0 Å². The van der Waals surface area contributed by atoms with E-state index in [1.54, 1.807) is 0 Å². The molecule has 1 fully saturated rings. The molecule has 0 bridgehead atoms. The summed E-state index contributed by atoms with van der Waals surface area (Å²) in [5, 5.41) is 3.51. The lowest BCUT2D eigenvalue weighted by atomic mass is 10.2. The Bertz CT molecular complexity index is 381. The van der Waals surface area contributed by atoms with Crippen molar-refractivity contribution in [2.45, 2.75) is 44.8 Å². The summed E-state index contributed by atoms with van der Waals surface area (Å²) >= 11 is 0. The number of hydrogen-bond acceptors (Lipinski definition) is 3. The highest BCUT2D eigenvalue weighted by Gasteiger charge is 2.19. The topological polar surface area (TPSA) is 28.2 Å². The van der Waals surface area contributed by atoms with Gasteiger partial charge in [-0.1, -0.05) is 12.1 Å². The Morgan fingerprint density at radius 3 is 2.95 bits per heavy atom. The second kappa shape index (κ2) is 7.41. The van der Waals surface area contributed by atoms with Gasteiger partial charge in [0.05, 0.1) is 5.69 Å². The van der Waals surface area contributed by atoms with Crippen LogP contribution in [0.25, 0.3) is 0 Å². The van der Waals surface area contributed by atoms with Crippen LogP contribution in [0.4, 0.5) is 0 Å². The molecule has 1 heterocycles. The molecule has 3 heteroatoms. The summed E-state index contributed by atoms with van der Waals surface area (Å²) in [6.45, 7) is 6.72. The molecule has 0 atom stereocenters. The van der Waals surface area contributed by atoms with Crippen LogP contribution in [0.15, 0.2) is 31.0 Å². The smallest absolute Gasteiger partial charge is 0.0544 e. The van der Waals surface area contributed by atoms with E-state index >= 15 is 0 Å². The van der Waals surface area contributed by atoms with E-state index in [4.69, 9.17) is 0 Å². The molecule has 104 valence electrons. The van der Waals surface area contributed by atoms with Gasteiger partial charge < -0.3 is 10.2 Å². The van der Waals surface area contributed by atoms with Crippen LogP contribution in [0.5, 0.6) is 0 Å². The zero-order chi connectivity index (χ0) is 13.5. The maximum Gasteiger partial charge on any atom is 0.0544 e. The van der Waals surface area contributed by atoms with E-state index in [0.29, 0.717) is 0 Å². The molecule has 0 saturated heterocycles. The highest BCUT2D eigenvalue weighted by Crippen LogP contribution is 2.19. The van der Waals surface area contributed by atoms with Crippen molar-refractivity contribution in [3.63, 3.8) is 0 Å². The van der Waals surface area contributed by atoms with Gasteiger partial charge >= 0.3 is 0 Å². The lowest BCUT2D eigenvalue weighted by Crippen LogP contribution is -2.20. The second-order valence-electron chi connectivity index (χ2n) is 5.48. The first-order chi connectivity index (χ1) is 9.28. The Morgan fingerprint density at radius 1 is 1.47 bits per heavy atom. The minimum Gasteiger partial charge on any atom is -0.310 e. The number of pyridine rings is 1. The van der Waals surface area contributed by atoms with E-state index < -0.39 is 0 Å². The average Bonchev–Trinajstić information content (AvgIpc) is 3.22. The minimum absolute atomic E-state index is 0.760. The number of nitrogens with one attached hydrogen (secondary N) is 1. The van der Waals surface area contributed by atoms with Crippen LogP contribution in [0.1, 0.15) is 36.9 Å². The van der Waals surface area contributed by atoms with Crippen LogP contribution in [0.3, 0.4) is 0 Å². The van der Waals surface area contributed by atoms with Gasteiger partial charge in [0.25, 0.3) is 0 Å². The van der Waals surface area contributed by atoms with E-state index in [0.717, 1.165) is 37.8 Å². The van der Waals surface area contributed by atoms with Gasteiger partial charge in [-0.2, -0.15) is 0 Å². The maximum atomic E-state index is 4.54. The summed E-state index contributed by atoms with van der Waals surface area (Å²) in [5.74, 6) is 0. The number of rotatable bonds is 9. The molecule has 0 amide bonds. The standard InChI is InChI=1S/C16H25N3/c1-3-4-5-10-19(2)13-16-7-6-14(12-18-16)11-17-15-8-9-15/h3,6-7,12,15,17H,1,4-5,8-11,13H2,2H3. The number of nitrogens with zero attached hydrogens (tertiary/aromatic N) is 2. The molecule has 1 aromatic rings. The Kier molecular flexibility index (Phi) is 5.55. The van der Waals surface area contributed by atoms with Crippen molar-refractivity contribution in [3.05, 3.63) is 42.2 Å². The molecule has 2 rings (SSSR count). The SMILES string of the molecule is C=CCCCN(C)Cc1ccc(CNC2CC2)cn1. The minimum atomic E-state index is 0.760. The van der Waals surface area contributed by atoms with E-state index in [1.165, 1.54) is 24.8 Å². The van der Waals surface area contributed by atoms with E-state index in [1.807, 2.05) is 12.3 Å². The molecule has 1 N–H and O–H groups in total. The van der Waals surface area contributed by atoms with Crippen molar-refractivity contribution in [2.24, 2.45) is 0 Å². The van der Waals surface area contributed by atoms with Crippen LogP contribution in [0.2, 0.25) is 0 Å². The van der Waals surface area contributed by atoms with E-state index in [-0.39, 0.29) is 0 Å². The first-order valence-electron chi connectivity index (χ1n) is 7.24. The molecule has 1 aromatic heterocycles. The normalized spacial score (nSPS) is 14.8. The van der Waals surface area contributed by atoms with Crippen LogP contribution >= 0.6 is 0 Å². The largest absolute Gasteiger partial charge is 0.310 e. The van der Waals surface area contributed by atoms with E-state index in [9.17, 15) is 0 Å². The monoisotopic (exact) mass is 259 g/mol. The Hall–Kier alpha value is -1.19. The predicted octanol–water partition coefficient (Wildman–Crippen LogP) is 2.73. The fraction of sp³-hybridized carbons (Fsp3) is 0.562. The first-order valence-corrected chi connectivity index (χ1v) is 7.24. The van der Waals surface area contributed by atoms with Crippen LogP contribution < -0.4 is 5.32 Å². The third-order valence-corrected chi connectivity index (χ3v) is 3.44. The van der Waals surface area contributed by atoms with Crippen molar-refractivity contribution in [1.82, 2.24) is 15.2 Å². The summed E-state index contributed by atoms with van der Waals surface area (Å²) in [4.78, 5) is 6.86. The van der Waals surface area contributed by atoms with Crippen molar-refractivity contribution < 1.29 is 0 Å². The van der Waals surface area contributed by atoms with Crippen molar-refractivity contribution in [1.29, 1.82) is 0 Å². The molecule has 0 aliphatic heterocycles. The highest BCUT2D eigenvalue weighted by molar-refractivity contribution is 5.14. The third-order valence-electron chi connectivity index (χ3n) is 3.44. The third kappa shape index (κ3) is 5.53. The first kappa shape index (κ1) is 14.2. The predicted molar refractivity (Wildman–Crippen MR) is 79.9 cm³/mol. The quantitative estimate of drug-likeness (QED) is 0.546. The fourth-order valence-electron chi connectivity index (χ4n) is 2.06. The molecular formula is C16H25N3. The molecule has 0 spiro atoms. The second-order valence-corrected chi connectivity index (χ2v) is 5.48. The summed E-state index contributed by atoms with van der Waals surface area (Å²) < 4.78 is 0. The molecule has 1 aliphatic rings. The Balaban J connectivity index is 1.72. The van der Waals surface area contributed by atoms with Crippen LogP contribution in [0, 0.1) is 0 Å². The Morgan fingerprint density at radius 2 is 2.32 bits per heavy atom. The molecule has 0 aromatic carbocycles. The van der Waals surface area contributed by atoms with E-state index in [2.05, 4.69) is 41.0 Å². The number of unbranched alkanes of at least 4 members (excludes halogenated alkanes) is 1. The fourth-order valence-corrected chi connectivity index (χ4v) is 2.06. The molecule has 0 radical (unpaired) electrons. The number of hydrogen-bond donors (Lipinski definition) is 1. The molecule has 1 saturated carbocycles. The van der Waals surface area contributed by atoms with Gasteiger partial charge in [-0.3, -0.25) is 4.98 Å². The Labute approximate surface area is 116 Å². The van der Waals surface area contributed by atoms with Gasteiger partial charge in [0.2, 0.25) is 0 Å². The summed E-state index contributed by atoms with van der Waals surface area (Å²) in [5.41, 5.74) is 2.43. The van der Waals surface area contributed by atoms with Crippen molar-refractivity contribution >= 4 is 0 Å². The van der Waals surface area contributed by atoms with Gasteiger partial charge in [-0.15, -0.1) is 6.58 Å².